The molecule has 3 heteroatoms. The molecule has 0 aromatic rings. The van der Waals surface area contributed by atoms with Gasteiger partial charge in [-0.1, -0.05) is 19.3 Å². The van der Waals surface area contributed by atoms with Crippen molar-refractivity contribution >= 4 is 11.8 Å². The van der Waals surface area contributed by atoms with Gasteiger partial charge in [0.1, 0.15) is 0 Å². The summed E-state index contributed by atoms with van der Waals surface area (Å²) < 4.78 is 0.459. The molecule has 0 unspecified atom stereocenters. The summed E-state index contributed by atoms with van der Waals surface area (Å²) in [6.45, 7) is 1.09. The maximum atomic E-state index is 9.81. The number of rotatable bonds is 4. The second-order valence-electron chi connectivity index (χ2n) is 5.43. The molecular formula is C13H25NOS. The van der Waals surface area contributed by atoms with E-state index in [1.807, 2.05) is 11.8 Å². The van der Waals surface area contributed by atoms with E-state index in [4.69, 9.17) is 0 Å². The second kappa shape index (κ2) is 5.74. The zero-order chi connectivity index (χ0) is 11.4. The molecule has 2 rings (SSSR count). The van der Waals surface area contributed by atoms with Crippen molar-refractivity contribution in [3.63, 3.8) is 0 Å². The van der Waals surface area contributed by atoms with Crippen LogP contribution in [-0.4, -0.2) is 34.8 Å². The van der Waals surface area contributed by atoms with Crippen molar-refractivity contribution in [3.05, 3.63) is 0 Å². The molecule has 0 radical (unpaired) electrons. The molecule has 94 valence electrons. The van der Waals surface area contributed by atoms with Gasteiger partial charge in [0.2, 0.25) is 0 Å². The van der Waals surface area contributed by atoms with Gasteiger partial charge in [-0.15, -0.1) is 0 Å². The van der Waals surface area contributed by atoms with Crippen LogP contribution in [0.4, 0.5) is 0 Å². The van der Waals surface area contributed by atoms with Crippen molar-refractivity contribution in [2.24, 2.45) is 0 Å². The van der Waals surface area contributed by atoms with Gasteiger partial charge in [-0.05, 0) is 38.4 Å². The fourth-order valence-electron chi connectivity index (χ4n) is 3.14. The number of hydrogen-bond donors (Lipinski definition) is 2. The Morgan fingerprint density at radius 2 is 1.94 bits per heavy atom. The number of aliphatic hydroxyl groups is 1. The zero-order valence-electron chi connectivity index (χ0n) is 10.4. The van der Waals surface area contributed by atoms with Crippen LogP contribution >= 0.6 is 11.8 Å². The first-order valence-corrected chi connectivity index (χ1v) is 7.95. The summed E-state index contributed by atoms with van der Waals surface area (Å²) >= 11 is 2.03. The van der Waals surface area contributed by atoms with Crippen molar-refractivity contribution in [1.82, 2.24) is 5.32 Å². The van der Waals surface area contributed by atoms with Crippen LogP contribution in [-0.2, 0) is 0 Å². The third-order valence-corrected chi connectivity index (χ3v) is 5.78. The first-order chi connectivity index (χ1) is 7.76. The van der Waals surface area contributed by atoms with E-state index in [-0.39, 0.29) is 6.10 Å². The van der Waals surface area contributed by atoms with Crippen LogP contribution in [0.5, 0.6) is 0 Å². The van der Waals surface area contributed by atoms with Crippen LogP contribution in [0, 0.1) is 0 Å². The van der Waals surface area contributed by atoms with E-state index in [9.17, 15) is 5.11 Å². The molecule has 0 aliphatic heterocycles. The minimum Gasteiger partial charge on any atom is -0.392 e. The number of hydrogen-bond acceptors (Lipinski definition) is 3. The first kappa shape index (κ1) is 12.7. The summed E-state index contributed by atoms with van der Waals surface area (Å²) in [6.07, 6.45) is 12.4. The highest BCUT2D eigenvalue weighted by Gasteiger charge is 2.33. The van der Waals surface area contributed by atoms with Gasteiger partial charge in [0, 0.05) is 17.3 Å². The Labute approximate surface area is 104 Å². The lowest BCUT2D eigenvalue weighted by atomic mass is 9.88. The molecule has 0 heterocycles. The lowest BCUT2D eigenvalue weighted by Crippen LogP contribution is -2.45. The normalized spacial score (nSPS) is 34.1. The van der Waals surface area contributed by atoms with E-state index in [1.54, 1.807) is 0 Å². The van der Waals surface area contributed by atoms with Gasteiger partial charge in [-0.2, -0.15) is 11.8 Å². The molecule has 2 fully saturated rings. The molecule has 0 bridgehead atoms. The van der Waals surface area contributed by atoms with Gasteiger partial charge in [0.05, 0.1) is 6.10 Å². The fourth-order valence-corrected chi connectivity index (χ4v) is 4.07. The minimum atomic E-state index is -0.0949. The molecule has 2 atom stereocenters. The summed E-state index contributed by atoms with van der Waals surface area (Å²) in [5, 5.41) is 13.4. The Morgan fingerprint density at radius 3 is 2.50 bits per heavy atom. The number of aliphatic hydroxyl groups excluding tert-OH is 1. The first-order valence-electron chi connectivity index (χ1n) is 6.72. The Hall–Kier alpha value is 0.270. The van der Waals surface area contributed by atoms with Gasteiger partial charge in [-0.25, -0.2) is 0 Å². The molecule has 0 aromatic carbocycles. The van der Waals surface area contributed by atoms with Crippen molar-refractivity contribution in [2.45, 2.75) is 68.3 Å². The molecule has 0 spiro atoms. The van der Waals surface area contributed by atoms with Crippen molar-refractivity contribution in [3.8, 4) is 0 Å². The molecule has 2 nitrogen and oxygen atoms in total. The Balaban J connectivity index is 1.82. The van der Waals surface area contributed by atoms with Crippen LogP contribution in [0.25, 0.3) is 0 Å². The summed E-state index contributed by atoms with van der Waals surface area (Å²) in [6, 6.07) is 0.367. The van der Waals surface area contributed by atoms with E-state index in [0.717, 1.165) is 19.4 Å². The predicted molar refractivity (Wildman–Crippen MR) is 71.0 cm³/mol. The zero-order valence-corrected chi connectivity index (χ0v) is 11.2. The van der Waals surface area contributed by atoms with Crippen LogP contribution in [0.15, 0.2) is 0 Å². The second-order valence-corrected chi connectivity index (χ2v) is 6.71. The summed E-state index contributed by atoms with van der Waals surface area (Å²) in [5.41, 5.74) is 0. The SMILES string of the molecule is CSC1(CN[C@@H]2CCC[C@H]2O)CCCCC1. The monoisotopic (exact) mass is 243 g/mol. The summed E-state index contributed by atoms with van der Waals surface area (Å²) in [4.78, 5) is 0. The highest BCUT2D eigenvalue weighted by Crippen LogP contribution is 2.38. The Bertz CT molecular complexity index is 216. The quantitative estimate of drug-likeness (QED) is 0.796. The molecule has 0 amide bonds. The van der Waals surface area contributed by atoms with E-state index < -0.39 is 0 Å². The van der Waals surface area contributed by atoms with Crippen molar-refractivity contribution < 1.29 is 5.11 Å². The van der Waals surface area contributed by atoms with Gasteiger partial charge in [0.15, 0.2) is 0 Å². The topological polar surface area (TPSA) is 32.3 Å². The highest BCUT2D eigenvalue weighted by atomic mass is 32.2. The van der Waals surface area contributed by atoms with Gasteiger partial charge in [0.25, 0.3) is 0 Å². The van der Waals surface area contributed by atoms with E-state index in [0.29, 0.717) is 10.8 Å². The molecule has 2 aliphatic rings. The van der Waals surface area contributed by atoms with E-state index in [1.165, 1.54) is 38.5 Å². The molecular weight excluding hydrogens is 218 g/mol. The van der Waals surface area contributed by atoms with Crippen LogP contribution in [0.2, 0.25) is 0 Å². The van der Waals surface area contributed by atoms with E-state index >= 15 is 0 Å². The van der Waals surface area contributed by atoms with Gasteiger partial charge >= 0.3 is 0 Å². The predicted octanol–water partition coefficient (Wildman–Crippen LogP) is 2.56. The largest absolute Gasteiger partial charge is 0.392 e. The van der Waals surface area contributed by atoms with Crippen molar-refractivity contribution in [2.75, 3.05) is 12.8 Å². The highest BCUT2D eigenvalue weighted by molar-refractivity contribution is 8.00. The Kier molecular flexibility index (Phi) is 4.57. The lowest BCUT2D eigenvalue weighted by molar-refractivity contribution is 0.146. The standard InChI is InChI=1S/C13H25NOS/c1-16-13(8-3-2-4-9-13)10-14-11-6-5-7-12(11)15/h11-12,14-15H,2-10H2,1H3/t11-,12-/m1/s1. The van der Waals surface area contributed by atoms with E-state index in [2.05, 4.69) is 11.6 Å². The van der Waals surface area contributed by atoms with Gasteiger partial charge in [-0.3, -0.25) is 0 Å². The molecule has 2 N–H and O–H groups in total. The average molecular weight is 243 g/mol. The van der Waals surface area contributed by atoms with Crippen LogP contribution < -0.4 is 5.32 Å². The Morgan fingerprint density at radius 1 is 1.19 bits per heavy atom. The summed E-state index contributed by atoms with van der Waals surface area (Å²) in [5.74, 6) is 0. The third kappa shape index (κ3) is 2.93. The molecule has 0 saturated heterocycles. The average Bonchev–Trinajstić information content (AvgIpc) is 2.74. The molecule has 0 aromatic heterocycles. The van der Waals surface area contributed by atoms with Crippen LogP contribution in [0.3, 0.4) is 0 Å². The maximum absolute atomic E-state index is 9.81. The molecule has 2 aliphatic carbocycles. The number of thioether (sulfide) groups is 1. The minimum absolute atomic E-state index is 0.0949. The molecule has 16 heavy (non-hydrogen) atoms. The maximum Gasteiger partial charge on any atom is 0.0693 e. The third-order valence-electron chi connectivity index (χ3n) is 4.36. The number of nitrogens with one attached hydrogen (secondary N) is 1. The van der Waals surface area contributed by atoms with Gasteiger partial charge < -0.3 is 10.4 Å². The van der Waals surface area contributed by atoms with Crippen molar-refractivity contribution in [1.29, 1.82) is 0 Å². The molecule has 2 saturated carbocycles. The fraction of sp³-hybridized carbons (Fsp3) is 1.00. The summed E-state index contributed by atoms with van der Waals surface area (Å²) in [7, 11) is 0. The van der Waals surface area contributed by atoms with Crippen LogP contribution in [0.1, 0.15) is 51.4 Å². The lowest BCUT2D eigenvalue weighted by Gasteiger charge is -2.37. The smallest absolute Gasteiger partial charge is 0.0693 e.